The summed E-state index contributed by atoms with van der Waals surface area (Å²) in [7, 11) is 2.89. The standard InChI is InChI=1S/C4H8OS2/c1-3-6-7-4(2)5/h3H2,1-2H3. The molecule has 0 N–H and O–H groups in total. The van der Waals surface area contributed by atoms with Gasteiger partial charge in [0.2, 0.25) is 0 Å². The predicted octanol–water partition coefficient (Wildman–Crippen LogP) is 1.93. The molecule has 0 amide bonds. The maximum absolute atomic E-state index is 10.1. The van der Waals surface area contributed by atoms with Gasteiger partial charge in [-0.15, -0.1) is 0 Å². The van der Waals surface area contributed by atoms with Crippen LogP contribution >= 0.6 is 21.6 Å². The minimum Gasteiger partial charge on any atom is -0.287 e. The number of carbonyl (C=O) groups excluding carboxylic acids is 1. The molecular weight excluding hydrogens is 128 g/mol. The van der Waals surface area contributed by atoms with E-state index >= 15 is 0 Å². The van der Waals surface area contributed by atoms with E-state index < -0.39 is 0 Å². The Kier molecular flexibility index (Phi) is 4.77. The summed E-state index contributed by atoms with van der Waals surface area (Å²) in [6.45, 7) is 3.61. The molecule has 7 heavy (non-hydrogen) atoms. The molecule has 0 aromatic rings. The maximum atomic E-state index is 10.1. The molecule has 0 radical (unpaired) electrons. The van der Waals surface area contributed by atoms with Gasteiger partial charge in [-0.2, -0.15) is 0 Å². The fraction of sp³-hybridized carbons (Fsp3) is 0.750. The molecule has 1 nitrogen and oxygen atoms in total. The van der Waals surface area contributed by atoms with Gasteiger partial charge >= 0.3 is 0 Å². The lowest BCUT2D eigenvalue weighted by atomic mass is 10.9. The Morgan fingerprint density at radius 1 is 1.71 bits per heavy atom. The zero-order valence-electron chi connectivity index (χ0n) is 4.43. The summed E-state index contributed by atoms with van der Waals surface area (Å²) in [5.41, 5.74) is 0. The van der Waals surface area contributed by atoms with Crippen molar-refractivity contribution in [3.05, 3.63) is 0 Å². The van der Waals surface area contributed by atoms with E-state index in [2.05, 4.69) is 0 Å². The summed E-state index contributed by atoms with van der Waals surface area (Å²) in [5.74, 6) is 1.00. The van der Waals surface area contributed by atoms with Crippen molar-refractivity contribution in [2.45, 2.75) is 13.8 Å². The molecule has 0 aromatic heterocycles. The molecule has 0 heterocycles. The highest BCUT2D eigenvalue weighted by Gasteiger charge is 1.88. The lowest BCUT2D eigenvalue weighted by Gasteiger charge is -1.85. The van der Waals surface area contributed by atoms with E-state index in [9.17, 15) is 4.79 Å². The van der Waals surface area contributed by atoms with Crippen molar-refractivity contribution in [3.63, 3.8) is 0 Å². The molecule has 0 unspecified atom stereocenters. The van der Waals surface area contributed by atoms with Crippen LogP contribution in [0.25, 0.3) is 0 Å². The summed E-state index contributed by atoms with van der Waals surface area (Å²) < 4.78 is 0. The Bertz CT molecular complexity index is 62.7. The summed E-state index contributed by atoms with van der Waals surface area (Å²) >= 11 is 0. The van der Waals surface area contributed by atoms with Gasteiger partial charge in [0.05, 0.1) is 0 Å². The third kappa shape index (κ3) is 6.37. The smallest absolute Gasteiger partial charge is 0.196 e. The van der Waals surface area contributed by atoms with Crippen LogP contribution in [0.3, 0.4) is 0 Å². The van der Waals surface area contributed by atoms with E-state index in [-0.39, 0.29) is 5.12 Å². The van der Waals surface area contributed by atoms with E-state index in [1.54, 1.807) is 17.7 Å². The molecular formula is C4H8OS2. The van der Waals surface area contributed by atoms with E-state index in [0.717, 1.165) is 5.75 Å². The van der Waals surface area contributed by atoms with Crippen LogP contribution in [0.15, 0.2) is 0 Å². The number of hydrogen-bond donors (Lipinski definition) is 0. The van der Waals surface area contributed by atoms with E-state index in [0.29, 0.717) is 0 Å². The molecule has 3 heteroatoms. The molecule has 0 spiro atoms. The SMILES string of the molecule is CCSSC(C)=O. The highest BCUT2D eigenvalue weighted by Crippen LogP contribution is 2.20. The van der Waals surface area contributed by atoms with Crippen molar-refractivity contribution < 1.29 is 4.79 Å². The van der Waals surface area contributed by atoms with Crippen molar-refractivity contribution in [2.75, 3.05) is 5.75 Å². The first-order valence-electron chi connectivity index (χ1n) is 2.07. The summed E-state index contributed by atoms with van der Waals surface area (Å²) in [6.07, 6.45) is 0. The second kappa shape index (κ2) is 4.53. The third-order valence-electron chi connectivity index (χ3n) is 0.294. The normalized spacial score (nSPS) is 8.86. The predicted molar refractivity (Wildman–Crippen MR) is 36.4 cm³/mol. The van der Waals surface area contributed by atoms with Gasteiger partial charge in [0.15, 0.2) is 5.12 Å². The van der Waals surface area contributed by atoms with Crippen molar-refractivity contribution in [2.24, 2.45) is 0 Å². The minimum atomic E-state index is 0.187. The molecule has 42 valence electrons. The first kappa shape index (κ1) is 7.37. The van der Waals surface area contributed by atoms with Crippen LogP contribution < -0.4 is 0 Å². The first-order chi connectivity index (χ1) is 3.27. The van der Waals surface area contributed by atoms with Crippen molar-refractivity contribution in [1.29, 1.82) is 0 Å². The summed E-state index contributed by atoms with van der Waals surface area (Å²) in [5, 5.41) is 0.187. The molecule has 0 aliphatic heterocycles. The average molecular weight is 136 g/mol. The van der Waals surface area contributed by atoms with E-state index in [1.165, 1.54) is 10.8 Å². The van der Waals surface area contributed by atoms with Gasteiger partial charge in [-0.25, -0.2) is 0 Å². The minimum absolute atomic E-state index is 0.187. The fourth-order valence-electron chi connectivity index (χ4n) is 0.142. The molecule has 0 bridgehead atoms. The molecule has 0 aliphatic rings. The van der Waals surface area contributed by atoms with Crippen LogP contribution in [0.2, 0.25) is 0 Å². The first-order valence-corrected chi connectivity index (χ1v) is 4.39. The second-order valence-corrected chi connectivity index (χ2v) is 3.74. The maximum Gasteiger partial charge on any atom is 0.196 e. The van der Waals surface area contributed by atoms with E-state index in [4.69, 9.17) is 0 Å². The topological polar surface area (TPSA) is 17.1 Å². The molecule has 0 saturated carbocycles. The van der Waals surface area contributed by atoms with Crippen LogP contribution in [0.4, 0.5) is 0 Å². The van der Waals surface area contributed by atoms with Crippen molar-refractivity contribution in [1.82, 2.24) is 0 Å². The van der Waals surface area contributed by atoms with Crippen LogP contribution in [-0.4, -0.2) is 10.9 Å². The monoisotopic (exact) mass is 136 g/mol. The van der Waals surface area contributed by atoms with Gasteiger partial charge in [-0.1, -0.05) is 17.7 Å². The van der Waals surface area contributed by atoms with Crippen molar-refractivity contribution >= 4 is 26.7 Å². The van der Waals surface area contributed by atoms with Crippen LogP contribution in [0.5, 0.6) is 0 Å². The number of rotatable bonds is 2. The van der Waals surface area contributed by atoms with Gasteiger partial charge in [0.1, 0.15) is 0 Å². The molecule has 0 atom stereocenters. The number of hydrogen-bond acceptors (Lipinski definition) is 3. The quantitative estimate of drug-likeness (QED) is 0.540. The largest absolute Gasteiger partial charge is 0.287 e. The summed E-state index contributed by atoms with van der Waals surface area (Å²) in [4.78, 5) is 10.1. The Balaban J connectivity index is 2.82. The van der Waals surface area contributed by atoms with Gasteiger partial charge < -0.3 is 0 Å². The highest BCUT2D eigenvalue weighted by atomic mass is 33.1. The molecule has 0 saturated heterocycles. The summed E-state index contributed by atoms with van der Waals surface area (Å²) in [6, 6.07) is 0. The fourth-order valence-corrected chi connectivity index (χ4v) is 1.28. The second-order valence-electron chi connectivity index (χ2n) is 0.981. The molecule has 0 rings (SSSR count). The van der Waals surface area contributed by atoms with Crippen LogP contribution in [0.1, 0.15) is 13.8 Å². The van der Waals surface area contributed by atoms with Crippen molar-refractivity contribution in [3.8, 4) is 0 Å². The lowest BCUT2D eigenvalue weighted by Crippen LogP contribution is -1.73. The Hall–Kier alpha value is 0.370. The molecule has 0 fully saturated rings. The zero-order chi connectivity index (χ0) is 5.70. The van der Waals surface area contributed by atoms with Gasteiger partial charge in [0.25, 0.3) is 0 Å². The Morgan fingerprint density at radius 3 is 2.43 bits per heavy atom. The molecule has 0 aliphatic carbocycles. The van der Waals surface area contributed by atoms with Crippen LogP contribution in [-0.2, 0) is 4.79 Å². The highest BCUT2D eigenvalue weighted by molar-refractivity contribution is 8.82. The Labute approximate surface area is 51.6 Å². The third-order valence-corrected chi connectivity index (χ3v) is 2.65. The van der Waals surface area contributed by atoms with E-state index in [1.807, 2.05) is 6.92 Å². The average Bonchev–Trinajstić information content (AvgIpc) is 1.61. The van der Waals surface area contributed by atoms with Gasteiger partial charge in [-0.05, 0) is 10.8 Å². The lowest BCUT2D eigenvalue weighted by molar-refractivity contribution is -0.109. The Morgan fingerprint density at radius 2 is 2.29 bits per heavy atom. The molecule has 0 aromatic carbocycles. The number of carbonyl (C=O) groups is 1. The van der Waals surface area contributed by atoms with Gasteiger partial charge in [0, 0.05) is 12.7 Å². The zero-order valence-corrected chi connectivity index (χ0v) is 6.06. The van der Waals surface area contributed by atoms with Crippen LogP contribution in [0, 0.1) is 0 Å². The van der Waals surface area contributed by atoms with Gasteiger partial charge in [-0.3, -0.25) is 4.79 Å².